The Morgan fingerprint density at radius 2 is 2.05 bits per heavy atom. The molecule has 0 atom stereocenters. The van der Waals surface area contributed by atoms with Crippen molar-refractivity contribution < 1.29 is 4.79 Å². The summed E-state index contributed by atoms with van der Waals surface area (Å²) in [4.78, 5) is 20.6. The van der Waals surface area contributed by atoms with Crippen LogP contribution in [-0.4, -0.2) is 54.9 Å². The highest BCUT2D eigenvalue weighted by Crippen LogP contribution is 2.18. The molecular weight excluding hydrogens is 379 g/mol. The summed E-state index contributed by atoms with van der Waals surface area (Å²) in [5.74, 6) is 0.971. The first kappa shape index (κ1) is 16.1. The number of likely N-dealkylation sites (N-methyl/N-ethyl adjacent to an activating group) is 1. The van der Waals surface area contributed by atoms with Crippen LogP contribution in [0.2, 0.25) is 0 Å². The highest BCUT2D eigenvalue weighted by atomic mass is 127. The average molecular weight is 400 g/mol. The smallest absolute Gasteiger partial charge is 0.242 e. The van der Waals surface area contributed by atoms with Crippen LogP contribution in [0.25, 0.3) is 0 Å². The minimum absolute atomic E-state index is 0. The molecule has 6 heteroatoms. The van der Waals surface area contributed by atoms with E-state index in [1.165, 1.54) is 11.1 Å². The summed E-state index contributed by atoms with van der Waals surface area (Å²) in [7, 11) is 1.99. The lowest BCUT2D eigenvalue weighted by molar-refractivity contribution is -0.130. The zero-order chi connectivity index (χ0) is 13.9. The number of guanidine groups is 1. The quantitative estimate of drug-likeness (QED) is 0.757. The highest BCUT2D eigenvalue weighted by Gasteiger charge is 2.21. The van der Waals surface area contributed by atoms with Gasteiger partial charge in [0.15, 0.2) is 5.96 Å². The third-order valence-corrected chi connectivity index (χ3v) is 3.94. The van der Waals surface area contributed by atoms with Crippen molar-refractivity contribution in [3.05, 3.63) is 35.4 Å². The van der Waals surface area contributed by atoms with Gasteiger partial charge >= 0.3 is 0 Å². The number of carbonyl (C=O) groups is 1. The third kappa shape index (κ3) is 3.66. The van der Waals surface area contributed by atoms with Crippen LogP contribution in [0.4, 0.5) is 0 Å². The Balaban J connectivity index is 0.00000161. The van der Waals surface area contributed by atoms with E-state index in [1.807, 2.05) is 22.9 Å². The molecule has 5 nitrogen and oxygen atoms in total. The minimum atomic E-state index is 0. The van der Waals surface area contributed by atoms with Crippen LogP contribution in [0.3, 0.4) is 0 Å². The van der Waals surface area contributed by atoms with E-state index >= 15 is 0 Å². The van der Waals surface area contributed by atoms with E-state index in [4.69, 9.17) is 0 Å². The van der Waals surface area contributed by atoms with Gasteiger partial charge in [-0.2, -0.15) is 0 Å². The monoisotopic (exact) mass is 400 g/mol. The fraction of sp³-hybridized carbons (Fsp3) is 0.467. The van der Waals surface area contributed by atoms with Gasteiger partial charge in [0.1, 0.15) is 0 Å². The second-order valence-corrected chi connectivity index (χ2v) is 5.31. The summed E-state index contributed by atoms with van der Waals surface area (Å²) in [6.45, 7) is 3.59. The Bertz CT molecular complexity index is 546. The first-order chi connectivity index (χ1) is 9.74. The molecule has 0 bridgehead atoms. The molecule has 0 aromatic heterocycles. The van der Waals surface area contributed by atoms with Crippen molar-refractivity contribution in [3.63, 3.8) is 0 Å². The maximum atomic E-state index is 12.3. The van der Waals surface area contributed by atoms with Gasteiger partial charge in [0.05, 0.1) is 13.1 Å². The first-order valence-electron chi connectivity index (χ1n) is 7.08. The second-order valence-electron chi connectivity index (χ2n) is 5.31. The number of fused-ring (bicyclic) bond motifs is 1. The van der Waals surface area contributed by atoms with Crippen molar-refractivity contribution in [3.8, 4) is 0 Å². The van der Waals surface area contributed by atoms with E-state index in [9.17, 15) is 4.79 Å². The lowest BCUT2D eigenvalue weighted by Crippen LogP contribution is -2.45. The molecule has 1 N–H and O–H groups in total. The van der Waals surface area contributed by atoms with E-state index in [-0.39, 0.29) is 29.9 Å². The molecule has 114 valence electrons. The number of carbonyl (C=O) groups excluding carboxylic acids is 1. The number of nitrogens with one attached hydrogen (secondary N) is 1. The third-order valence-electron chi connectivity index (χ3n) is 3.94. The maximum Gasteiger partial charge on any atom is 0.242 e. The molecule has 1 aromatic rings. The van der Waals surface area contributed by atoms with E-state index < -0.39 is 0 Å². The lowest BCUT2D eigenvalue weighted by Gasteiger charge is -2.29. The van der Waals surface area contributed by atoms with Gasteiger partial charge in [0.2, 0.25) is 5.91 Å². The zero-order valence-electron chi connectivity index (χ0n) is 12.2. The van der Waals surface area contributed by atoms with Crippen molar-refractivity contribution >= 4 is 35.8 Å². The van der Waals surface area contributed by atoms with E-state index in [0.29, 0.717) is 6.54 Å². The van der Waals surface area contributed by atoms with E-state index in [1.54, 1.807) is 0 Å². The van der Waals surface area contributed by atoms with Crippen molar-refractivity contribution in [1.29, 1.82) is 0 Å². The molecule has 0 radical (unpaired) electrons. The van der Waals surface area contributed by atoms with E-state index in [0.717, 1.165) is 38.6 Å². The van der Waals surface area contributed by atoms with Gasteiger partial charge in [-0.25, -0.2) is 0 Å². The topological polar surface area (TPSA) is 47.9 Å². The van der Waals surface area contributed by atoms with Crippen LogP contribution in [-0.2, 0) is 17.8 Å². The van der Waals surface area contributed by atoms with Crippen LogP contribution in [0.15, 0.2) is 29.3 Å². The number of amides is 1. The van der Waals surface area contributed by atoms with Gasteiger partial charge in [0.25, 0.3) is 0 Å². The summed E-state index contributed by atoms with van der Waals surface area (Å²) in [5.41, 5.74) is 2.63. The Kier molecular flexibility index (Phi) is 5.44. The first-order valence-corrected chi connectivity index (χ1v) is 7.08. The summed E-state index contributed by atoms with van der Waals surface area (Å²) in [5, 5.41) is 3.14. The van der Waals surface area contributed by atoms with Gasteiger partial charge in [-0.3, -0.25) is 9.79 Å². The van der Waals surface area contributed by atoms with Crippen LogP contribution < -0.4 is 5.32 Å². The summed E-state index contributed by atoms with van der Waals surface area (Å²) in [6.07, 6.45) is 0.947. The Labute approximate surface area is 142 Å². The van der Waals surface area contributed by atoms with Crippen molar-refractivity contribution in [2.75, 3.05) is 33.2 Å². The minimum Gasteiger partial charge on any atom is -0.347 e. The fourth-order valence-electron chi connectivity index (χ4n) is 2.70. The SMILES string of the molecule is CN1CCN=C1NCC(=O)N1CCc2ccccc2C1.I. The molecule has 21 heavy (non-hydrogen) atoms. The molecule has 2 heterocycles. The molecular formula is C15H21IN4O. The van der Waals surface area contributed by atoms with Crippen LogP contribution in [0, 0.1) is 0 Å². The van der Waals surface area contributed by atoms with Crippen molar-refractivity contribution in [1.82, 2.24) is 15.1 Å². The number of halogens is 1. The molecule has 0 unspecified atom stereocenters. The zero-order valence-corrected chi connectivity index (χ0v) is 14.5. The Morgan fingerprint density at radius 1 is 1.29 bits per heavy atom. The fourth-order valence-corrected chi connectivity index (χ4v) is 2.70. The lowest BCUT2D eigenvalue weighted by atomic mass is 10.00. The molecule has 2 aliphatic heterocycles. The number of benzene rings is 1. The number of hydrogen-bond donors (Lipinski definition) is 1. The number of nitrogens with zero attached hydrogens (tertiary/aromatic N) is 3. The molecule has 0 aliphatic carbocycles. The predicted molar refractivity (Wildman–Crippen MR) is 93.9 cm³/mol. The molecule has 0 spiro atoms. The summed E-state index contributed by atoms with van der Waals surface area (Å²) >= 11 is 0. The normalized spacial score (nSPS) is 16.9. The molecule has 2 aliphatic rings. The van der Waals surface area contributed by atoms with Gasteiger partial charge in [-0.05, 0) is 17.5 Å². The molecule has 0 fully saturated rings. The highest BCUT2D eigenvalue weighted by molar-refractivity contribution is 14.0. The molecule has 0 saturated carbocycles. The largest absolute Gasteiger partial charge is 0.347 e. The number of aliphatic imine (C=N–C) groups is 1. The van der Waals surface area contributed by atoms with Crippen molar-refractivity contribution in [2.24, 2.45) is 4.99 Å². The molecule has 0 saturated heterocycles. The van der Waals surface area contributed by atoms with Crippen LogP contribution in [0.5, 0.6) is 0 Å². The van der Waals surface area contributed by atoms with Crippen molar-refractivity contribution in [2.45, 2.75) is 13.0 Å². The molecule has 1 aromatic carbocycles. The average Bonchev–Trinajstić information content (AvgIpc) is 2.89. The van der Waals surface area contributed by atoms with Gasteiger partial charge < -0.3 is 15.1 Å². The number of hydrogen-bond acceptors (Lipinski definition) is 4. The second kappa shape index (κ2) is 7.11. The standard InChI is InChI=1S/C15H20N4O.HI/c1-18-9-7-16-15(18)17-10-14(20)19-8-6-12-4-2-3-5-13(12)11-19;/h2-5H,6-11H2,1H3,(H,16,17);1H. The number of rotatable bonds is 2. The van der Waals surface area contributed by atoms with Gasteiger partial charge in [-0.15, -0.1) is 24.0 Å². The summed E-state index contributed by atoms with van der Waals surface area (Å²) < 4.78 is 0. The predicted octanol–water partition coefficient (Wildman–Crippen LogP) is 1.08. The Morgan fingerprint density at radius 3 is 2.76 bits per heavy atom. The van der Waals surface area contributed by atoms with Gasteiger partial charge in [0, 0.05) is 26.7 Å². The molecule has 3 rings (SSSR count). The van der Waals surface area contributed by atoms with Crippen LogP contribution >= 0.6 is 24.0 Å². The maximum absolute atomic E-state index is 12.3. The van der Waals surface area contributed by atoms with E-state index in [2.05, 4.69) is 28.5 Å². The Hall–Kier alpha value is -1.31. The van der Waals surface area contributed by atoms with Crippen LogP contribution in [0.1, 0.15) is 11.1 Å². The summed E-state index contributed by atoms with van der Waals surface area (Å²) in [6, 6.07) is 8.36. The molecule has 1 amide bonds. The van der Waals surface area contributed by atoms with Gasteiger partial charge in [-0.1, -0.05) is 24.3 Å².